The van der Waals surface area contributed by atoms with Gasteiger partial charge in [0.1, 0.15) is 11.8 Å². The van der Waals surface area contributed by atoms with Crippen molar-refractivity contribution in [3.05, 3.63) is 65.7 Å². The molecule has 2 aromatic rings. The minimum atomic E-state index is -0.971. The van der Waals surface area contributed by atoms with Gasteiger partial charge in [-0.05, 0) is 23.3 Å². The lowest BCUT2D eigenvalue weighted by Crippen LogP contribution is -2.28. The van der Waals surface area contributed by atoms with Gasteiger partial charge in [0, 0.05) is 6.54 Å². The number of aromatic hydroxyl groups is 1. The van der Waals surface area contributed by atoms with Crippen LogP contribution in [0.1, 0.15) is 17.2 Å². The zero-order valence-electron chi connectivity index (χ0n) is 10.3. The number of carbonyl (C=O) groups is 1. The Hall–Kier alpha value is -2.33. The summed E-state index contributed by atoms with van der Waals surface area (Å²) in [5.41, 5.74) is 1.54. The van der Waals surface area contributed by atoms with E-state index in [0.717, 1.165) is 5.56 Å². The molecule has 1 unspecified atom stereocenters. The van der Waals surface area contributed by atoms with Crippen molar-refractivity contribution in [3.8, 4) is 5.75 Å². The molecule has 0 aliphatic rings. The van der Waals surface area contributed by atoms with Crippen LogP contribution in [0, 0.1) is 0 Å². The van der Waals surface area contributed by atoms with E-state index in [4.69, 9.17) is 0 Å². The van der Waals surface area contributed by atoms with Gasteiger partial charge in [-0.2, -0.15) is 0 Å². The van der Waals surface area contributed by atoms with Crippen LogP contribution in [0.25, 0.3) is 0 Å². The van der Waals surface area contributed by atoms with Crippen LogP contribution >= 0.6 is 0 Å². The highest BCUT2D eigenvalue weighted by atomic mass is 16.4. The second kappa shape index (κ2) is 6.02. The van der Waals surface area contributed by atoms with E-state index in [1.54, 1.807) is 12.1 Å². The van der Waals surface area contributed by atoms with E-state index < -0.39 is 12.0 Å². The second-order valence-electron chi connectivity index (χ2n) is 4.23. The summed E-state index contributed by atoms with van der Waals surface area (Å²) in [5.74, 6) is -0.910. The molecule has 4 nitrogen and oxygen atoms in total. The predicted octanol–water partition coefficient (Wildman–Crippen LogP) is 2.31. The van der Waals surface area contributed by atoms with Crippen LogP contribution in [0.2, 0.25) is 0 Å². The molecule has 0 saturated carbocycles. The summed E-state index contributed by atoms with van der Waals surface area (Å²) in [6.45, 7) is 0.452. The summed E-state index contributed by atoms with van der Waals surface area (Å²) in [7, 11) is 0. The van der Waals surface area contributed by atoms with E-state index in [0.29, 0.717) is 12.1 Å². The summed E-state index contributed by atoms with van der Waals surface area (Å²) in [6.07, 6.45) is 0. The first-order valence-electron chi connectivity index (χ1n) is 5.96. The summed E-state index contributed by atoms with van der Waals surface area (Å²) in [5, 5.41) is 21.6. The lowest BCUT2D eigenvalue weighted by atomic mass is 10.1. The van der Waals surface area contributed by atoms with Gasteiger partial charge in [0.25, 0.3) is 0 Å². The Balaban J connectivity index is 2.11. The molecule has 0 radical (unpaired) electrons. The molecule has 19 heavy (non-hydrogen) atoms. The normalized spacial score (nSPS) is 12.0. The zero-order chi connectivity index (χ0) is 13.7. The zero-order valence-corrected chi connectivity index (χ0v) is 10.3. The van der Waals surface area contributed by atoms with Crippen LogP contribution in [0.3, 0.4) is 0 Å². The van der Waals surface area contributed by atoms with Crippen molar-refractivity contribution in [2.75, 3.05) is 0 Å². The van der Waals surface area contributed by atoms with E-state index in [-0.39, 0.29) is 5.75 Å². The number of rotatable bonds is 5. The van der Waals surface area contributed by atoms with Crippen molar-refractivity contribution in [1.82, 2.24) is 5.32 Å². The number of phenolic OH excluding ortho intramolecular Hbond substituents is 1. The maximum atomic E-state index is 11.3. The maximum Gasteiger partial charge on any atom is 0.325 e. The minimum Gasteiger partial charge on any atom is -0.508 e. The highest BCUT2D eigenvalue weighted by Crippen LogP contribution is 2.19. The molecular weight excluding hydrogens is 242 g/mol. The highest BCUT2D eigenvalue weighted by molar-refractivity contribution is 5.75. The molecule has 2 rings (SSSR count). The molecule has 0 aromatic heterocycles. The number of benzene rings is 2. The monoisotopic (exact) mass is 257 g/mol. The molecule has 3 N–H and O–H groups in total. The Morgan fingerprint density at radius 1 is 1.11 bits per heavy atom. The van der Waals surface area contributed by atoms with Gasteiger partial charge in [-0.3, -0.25) is 10.1 Å². The van der Waals surface area contributed by atoms with Crippen LogP contribution in [-0.2, 0) is 11.3 Å². The Labute approximate surface area is 111 Å². The first-order chi connectivity index (χ1) is 9.16. The largest absolute Gasteiger partial charge is 0.508 e. The summed E-state index contributed by atoms with van der Waals surface area (Å²) >= 11 is 0. The highest BCUT2D eigenvalue weighted by Gasteiger charge is 2.19. The standard InChI is InChI=1S/C15H15NO3/c17-13-8-4-7-12(9-13)14(15(18)19)16-10-11-5-2-1-3-6-11/h1-9,14,16-17H,10H2,(H,18,19). The van der Waals surface area contributed by atoms with E-state index in [9.17, 15) is 15.0 Å². The fourth-order valence-electron chi connectivity index (χ4n) is 1.87. The molecule has 0 aliphatic heterocycles. The summed E-state index contributed by atoms with van der Waals surface area (Å²) < 4.78 is 0. The second-order valence-corrected chi connectivity index (χ2v) is 4.23. The van der Waals surface area contributed by atoms with Crippen LogP contribution < -0.4 is 5.32 Å². The van der Waals surface area contributed by atoms with Crippen molar-refractivity contribution in [2.45, 2.75) is 12.6 Å². The van der Waals surface area contributed by atoms with E-state index >= 15 is 0 Å². The molecule has 0 spiro atoms. The van der Waals surface area contributed by atoms with Gasteiger partial charge >= 0.3 is 5.97 Å². The maximum absolute atomic E-state index is 11.3. The average Bonchev–Trinajstić information content (AvgIpc) is 2.40. The van der Waals surface area contributed by atoms with Crippen LogP contribution in [-0.4, -0.2) is 16.2 Å². The molecule has 0 saturated heterocycles. The van der Waals surface area contributed by atoms with Crippen LogP contribution in [0.5, 0.6) is 5.75 Å². The Bertz CT molecular complexity index is 554. The molecule has 0 heterocycles. The quantitative estimate of drug-likeness (QED) is 0.768. The number of phenols is 1. The van der Waals surface area contributed by atoms with E-state index in [1.165, 1.54) is 12.1 Å². The van der Waals surface area contributed by atoms with Gasteiger partial charge in [0.2, 0.25) is 0 Å². The molecule has 2 aromatic carbocycles. The average molecular weight is 257 g/mol. The molecule has 0 amide bonds. The number of hydrogen-bond donors (Lipinski definition) is 3. The van der Waals surface area contributed by atoms with E-state index in [1.807, 2.05) is 30.3 Å². The third-order valence-electron chi connectivity index (χ3n) is 2.80. The fraction of sp³-hybridized carbons (Fsp3) is 0.133. The van der Waals surface area contributed by atoms with Crippen molar-refractivity contribution < 1.29 is 15.0 Å². The predicted molar refractivity (Wildman–Crippen MR) is 71.8 cm³/mol. The number of carboxylic acid groups (broad SMARTS) is 1. The number of aliphatic carboxylic acids is 1. The molecule has 0 fully saturated rings. The first kappa shape index (κ1) is 13.1. The fourth-order valence-corrected chi connectivity index (χ4v) is 1.87. The van der Waals surface area contributed by atoms with Crippen LogP contribution in [0.4, 0.5) is 0 Å². The van der Waals surface area contributed by atoms with Gasteiger partial charge in [0.15, 0.2) is 0 Å². The molecule has 0 bridgehead atoms. The SMILES string of the molecule is O=C(O)C(NCc1ccccc1)c1cccc(O)c1. The third kappa shape index (κ3) is 3.56. The number of nitrogens with one attached hydrogen (secondary N) is 1. The Morgan fingerprint density at radius 2 is 1.84 bits per heavy atom. The third-order valence-corrected chi connectivity index (χ3v) is 2.80. The van der Waals surface area contributed by atoms with E-state index in [2.05, 4.69) is 5.32 Å². The van der Waals surface area contributed by atoms with Gasteiger partial charge in [-0.15, -0.1) is 0 Å². The van der Waals surface area contributed by atoms with Gasteiger partial charge in [-0.25, -0.2) is 0 Å². The molecule has 98 valence electrons. The van der Waals surface area contributed by atoms with Gasteiger partial charge in [-0.1, -0.05) is 42.5 Å². The van der Waals surface area contributed by atoms with Crippen molar-refractivity contribution >= 4 is 5.97 Å². The molecule has 0 aliphatic carbocycles. The first-order valence-corrected chi connectivity index (χ1v) is 5.96. The lowest BCUT2D eigenvalue weighted by Gasteiger charge is -2.15. The van der Waals surface area contributed by atoms with Gasteiger partial charge < -0.3 is 10.2 Å². The molecular formula is C15H15NO3. The Kier molecular flexibility index (Phi) is 4.15. The van der Waals surface area contributed by atoms with Crippen molar-refractivity contribution in [2.24, 2.45) is 0 Å². The summed E-state index contributed by atoms with van der Waals surface area (Å²) in [4.78, 5) is 11.3. The Morgan fingerprint density at radius 3 is 2.47 bits per heavy atom. The molecule has 4 heteroatoms. The van der Waals surface area contributed by atoms with Gasteiger partial charge in [0.05, 0.1) is 0 Å². The van der Waals surface area contributed by atoms with Crippen molar-refractivity contribution in [3.63, 3.8) is 0 Å². The number of carboxylic acids is 1. The minimum absolute atomic E-state index is 0.0604. The smallest absolute Gasteiger partial charge is 0.325 e. The van der Waals surface area contributed by atoms with Crippen molar-refractivity contribution in [1.29, 1.82) is 0 Å². The molecule has 1 atom stereocenters. The van der Waals surface area contributed by atoms with Crippen LogP contribution in [0.15, 0.2) is 54.6 Å². The topological polar surface area (TPSA) is 69.6 Å². The number of hydrogen-bond acceptors (Lipinski definition) is 3. The lowest BCUT2D eigenvalue weighted by molar-refractivity contribution is -0.139. The summed E-state index contributed by atoms with van der Waals surface area (Å²) in [6, 6.07) is 15.0.